The van der Waals surface area contributed by atoms with Gasteiger partial charge in [-0.3, -0.25) is 0 Å². The zero-order chi connectivity index (χ0) is 17.7. The molecule has 0 aliphatic rings. The van der Waals surface area contributed by atoms with Crippen molar-refractivity contribution in [1.82, 2.24) is 4.72 Å². The van der Waals surface area contributed by atoms with Crippen molar-refractivity contribution < 1.29 is 17.9 Å². The van der Waals surface area contributed by atoms with Gasteiger partial charge >= 0.3 is 5.97 Å². The van der Waals surface area contributed by atoms with Gasteiger partial charge in [-0.15, -0.1) is 0 Å². The Morgan fingerprint density at radius 3 is 2.50 bits per heavy atom. The van der Waals surface area contributed by atoms with E-state index in [2.05, 4.69) is 9.46 Å². The molecule has 0 saturated carbocycles. The van der Waals surface area contributed by atoms with Crippen LogP contribution in [0.2, 0.25) is 5.02 Å². The first-order valence-electron chi connectivity index (χ1n) is 7.27. The topological polar surface area (TPSA) is 72.5 Å². The number of hydrogen-bond acceptors (Lipinski definition) is 4. The average molecular weight is 368 g/mol. The molecule has 24 heavy (non-hydrogen) atoms. The number of nitrogens with one attached hydrogen (secondary N) is 1. The van der Waals surface area contributed by atoms with E-state index in [0.29, 0.717) is 0 Å². The van der Waals surface area contributed by atoms with E-state index in [1.54, 1.807) is 0 Å². The van der Waals surface area contributed by atoms with Gasteiger partial charge in [0.15, 0.2) is 0 Å². The molecule has 5 nitrogen and oxygen atoms in total. The summed E-state index contributed by atoms with van der Waals surface area (Å²) in [6.45, 7) is 2.17. The van der Waals surface area contributed by atoms with Crippen LogP contribution in [0.4, 0.5) is 0 Å². The predicted octanol–water partition coefficient (Wildman–Crippen LogP) is 3.21. The van der Waals surface area contributed by atoms with Crippen LogP contribution in [0.1, 0.15) is 28.8 Å². The molecule has 2 aromatic carbocycles. The molecule has 0 aliphatic heterocycles. The van der Waals surface area contributed by atoms with E-state index in [9.17, 15) is 13.2 Å². The molecule has 0 unspecified atom stereocenters. The summed E-state index contributed by atoms with van der Waals surface area (Å²) in [5.41, 5.74) is 1.05. The van der Waals surface area contributed by atoms with E-state index in [-0.39, 0.29) is 27.9 Å². The van der Waals surface area contributed by atoms with Gasteiger partial charge in [-0.25, -0.2) is 17.9 Å². The number of ether oxygens (including phenoxy) is 1. The molecular weight excluding hydrogens is 350 g/mol. The number of benzene rings is 2. The molecule has 1 atom stereocenters. The monoisotopic (exact) mass is 367 g/mol. The van der Waals surface area contributed by atoms with Gasteiger partial charge in [0.25, 0.3) is 0 Å². The summed E-state index contributed by atoms with van der Waals surface area (Å²) in [7, 11) is -2.55. The SMILES string of the molecule is COC(=O)c1cc(S(=O)(=O)NC[C@@H](C)c2ccccc2)ccc1Cl. The van der Waals surface area contributed by atoms with Gasteiger partial charge in [-0.05, 0) is 29.7 Å². The summed E-state index contributed by atoms with van der Waals surface area (Å²) in [5.74, 6) is -0.678. The van der Waals surface area contributed by atoms with Crippen LogP contribution < -0.4 is 4.72 Å². The predicted molar refractivity (Wildman–Crippen MR) is 92.8 cm³/mol. The van der Waals surface area contributed by atoms with Crippen LogP contribution >= 0.6 is 11.6 Å². The first-order valence-corrected chi connectivity index (χ1v) is 9.13. The second-order valence-corrected chi connectivity index (χ2v) is 7.47. The van der Waals surface area contributed by atoms with E-state index < -0.39 is 16.0 Å². The lowest BCUT2D eigenvalue weighted by molar-refractivity contribution is 0.0600. The van der Waals surface area contributed by atoms with E-state index in [1.807, 2.05) is 37.3 Å². The Labute approximate surface area is 146 Å². The fourth-order valence-electron chi connectivity index (χ4n) is 2.16. The highest BCUT2D eigenvalue weighted by molar-refractivity contribution is 7.89. The maximum absolute atomic E-state index is 12.4. The lowest BCUT2D eigenvalue weighted by Gasteiger charge is -2.14. The standard InChI is InChI=1S/C17H18ClNO4S/c1-12(13-6-4-3-5-7-13)11-19-24(21,22)14-8-9-16(18)15(10-14)17(20)23-2/h3-10,12,19H,11H2,1-2H3/t12-/m1/s1. The van der Waals surface area contributed by atoms with Crippen LogP contribution in [0.5, 0.6) is 0 Å². The molecule has 128 valence electrons. The highest BCUT2D eigenvalue weighted by Crippen LogP contribution is 2.22. The molecule has 0 aliphatic carbocycles. The number of methoxy groups -OCH3 is 1. The molecule has 0 fully saturated rings. The zero-order valence-electron chi connectivity index (χ0n) is 13.3. The Kier molecular flexibility index (Phi) is 5.99. The summed E-state index contributed by atoms with van der Waals surface area (Å²) in [6, 6.07) is 13.5. The van der Waals surface area contributed by atoms with Crippen molar-refractivity contribution in [2.75, 3.05) is 13.7 Å². The molecule has 0 bridgehead atoms. The second kappa shape index (κ2) is 7.79. The first-order chi connectivity index (χ1) is 11.3. The summed E-state index contributed by atoms with van der Waals surface area (Å²) in [4.78, 5) is 11.6. The van der Waals surface area contributed by atoms with Crippen LogP contribution in [-0.2, 0) is 14.8 Å². The Morgan fingerprint density at radius 1 is 1.21 bits per heavy atom. The van der Waals surface area contributed by atoms with Crippen molar-refractivity contribution in [2.45, 2.75) is 17.7 Å². The quantitative estimate of drug-likeness (QED) is 0.796. The van der Waals surface area contributed by atoms with Gasteiger partial charge in [0.2, 0.25) is 10.0 Å². The maximum atomic E-state index is 12.4. The first kappa shape index (κ1) is 18.4. The largest absolute Gasteiger partial charge is 0.465 e. The van der Waals surface area contributed by atoms with Gasteiger partial charge in [-0.1, -0.05) is 48.9 Å². The normalized spacial score (nSPS) is 12.6. The van der Waals surface area contributed by atoms with Crippen molar-refractivity contribution in [3.05, 3.63) is 64.7 Å². The van der Waals surface area contributed by atoms with Crippen LogP contribution in [0, 0.1) is 0 Å². The van der Waals surface area contributed by atoms with E-state index in [4.69, 9.17) is 11.6 Å². The summed E-state index contributed by atoms with van der Waals surface area (Å²) in [5, 5.41) is 0.137. The number of esters is 1. The second-order valence-electron chi connectivity index (χ2n) is 5.30. The minimum absolute atomic E-state index is 0.00773. The minimum Gasteiger partial charge on any atom is -0.465 e. The van der Waals surface area contributed by atoms with E-state index >= 15 is 0 Å². The molecule has 0 heterocycles. The van der Waals surface area contributed by atoms with Gasteiger partial charge < -0.3 is 4.74 Å². The summed E-state index contributed by atoms with van der Waals surface area (Å²) in [6.07, 6.45) is 0. The van der Waals surface area contributed by atoms with Gasteiger partial charge in [0.05, 0.1) is 22.6 Å². The van der Waals surface area contributed by atoms with Gasteiger partial charge in [0, 0.05) is 6.54 Å². The number of rotatable bonds is 6. The van der Waals surface area contributed by atoms with Gasteiger partial charge in [-0.2, -0.15) is 0 Å². The highest BCUT2D eigenvalue weighted by atomic mass is 35.5. The molecule has 1 N–H and O–H groups in total. The zero-order valence-corrected chi connectivity index (χ0v) is 14.9. The lowest BCUT2D eigenvalue weighted by Crippen LogP contribution is -2.28. The molecule has 0 spiro atoms. The Morgan fingerprint density at radius 2 is 1.88 bits per heavy atom. The van der Waals surface area contributed by atoms with Crippen molar-refractivity contribution in [1.29, 1.82) is 0 Å². The summed E-state index contributed by atoms with van der Waals surface area (Å²) >= 11 is 5.91. The molecule has 0 radical (unpaired) electrons. The van der Waals surface area contributed by atoms with Crippen LogP contribution in [0.3, 0.4) is 0 Å². The van der Waals surface area contributed by atoms with Crippen LogP contribution in [0.15, 0.2) is 53.4 Å². The van der Waals surface area contributed by atoms with Crippen molar-refractivity contribution >= 4 is 27.6 Å². The van der Waals surface area contributed by atoms with Crippen LogP contribution in [0.25, 0.3) is 0 Å². The lowest BCUT2D eigenvalue weighted by atomic mass is 10.0. The van der Waals surface area contributed by atoms with E-state index in [1.165, 1.54) is 25.3 Å². The minimum atomic E-state index is -3.76. The number of carbonyl (C=O) groups is 1. The van der Waals surface area contributed by atoms with Crippen molar-refractivity contribution in [3.63, 3.8) is 0 Å². The molecule has 7 heteroatoms. The fraction of sp³-hybridized carbons (Fsp3) is 0.235. The Balaban J connectivity index is 2.17. The molecule has 0 aromatic heterocycles. The number of hydrogen-bond donors (Lipinski definition) is 1. The average Bonchev–Trinajstić information content (AvgIpc) is 2.60. The van der Waals surface area contributed by atoms with Gasteiger partial charge in [0.1, 0.15) is 0 Å². The molecule has 2 aromatic rings. The fourth-order valence-corrected chi connectivity index (χ4v) is 3.51. The van der Waals surface area contributed by atoms with E-state index in [0.717, 1.165) is 5.56 Å². The van der Waals surface area contributed by atoms with Crippen LogP contribution in [-0.4, -0.2) is 28.0 Å². The number of carbonyl (C=O) groups excluding carboxylic acids is 1. The third-order valence-corrected chi connectivity index (χ3v) is 5.35. The number of halogens is 1. The molecule has 0 amide bonds. The third-order valence-electron chi connectivity index (χ3n) is 3.60. The maximum Gasteiger partial charge on any atom is 0.339 e. The highest BCUT2D eigenvalue weighted by Gasteiger charge is 2.20. The summed E-state index contributed by atoms with van der Waals surface area (Å²) < 4.78 is 32.0. The molecule has 0 saturated heterocycles. The smallest absolute Gasteiger partial charge is 0.339 e. The van der Waals surface area contributed by atoms with Crippen molar-refractivity contribution in [3.8, 4) is 0 Å². The Hall–Kier alpha value is -1.89. The molecular formula is C17H18ClNO4S. The number of sulfonamides is 1. The van der Waals surface area contributed by atoms with Crippen molar-refractivity contribution in [2.24, 2.45) is 0 Å². The Bertz CT molecular complexity index is 822. The third kappa shape index (κ3) is 4.35. The molecule has 2 rings (SSSR count).